The summed E-state index contributed by atoms with van der Waals surface area (Å²) in [4.78, 5) is 17.8. The van der Waals surface area contributed by atoms with E-state index in [-0.39, 0.29) is 5.91 Å². The third-order valence-corrected chi connectivity index (χ3v) is 5.29. The summed E-state index contributed by atoms with van der Waals surface area (Å²) in [6.07, 6.45) is 4.23. The molecule has 4 heterocycles. The topological polar surface area (TPSA) is 88.5 Å². The van der Waals surface area contributed by atoms with Crippen LogP contribution in [0.5, 0.6) is 0 Å². The van der Waals surface area contributed by atoms with Crippen molar-refractivity contribution in [3.63, 3.8) is 0 Å². The monoisotopic (exact) mass is 370 g/mol. The lowest BCUT2D eigenvalue weighted by molar-refractivity contribution is 0.0949. The molecule has 0 radical (unpaired) electrons. The van der Waals surface area contributed by atoms with Crippen LogP contribution >= 0.6 is 22.7 Å². The Labute approximate surface area is 151 Å². The lowest BCUT2D eigenvalue weighted by Gasteiger charge is -2.00. The van der Waals surface area contributed by atoms with Gasteiger partial charge in [-0.3, -0.25) is 9.89 Å². The first-order chi connectivity index (χ1) is 12.3. The van der Waals surface area contributed by atoms with Gasteiger partial charge in [-0.2, -0.15) is 10.2 Å². The van der Waals surface area contributed by atoms with E-state index in [0.29, 0.717) is 18.7 Å². The van der Waals surface area contributed by atoms with E-state index < -0.39 is 0 Å². The lowest BCUT2D eigenvalue weighted by atomic mass is 10.3. The maximum Gasteiger partial charge on any atom is 0.271 e. The maximum absolute atomic E-state index is 12.2. The number of hydrogen-bond acceptors (Lipinski definition) is 6. The Morgan fingerprint density at radius 2 is 2.28 bits per heavy atom. The molecular formula is C16H14N6OS2. The number of rotatable bonds is 6. The molecule has 0 spiro atoms. The average Bonchev–Trinajstić information content (AvgIpc) is 3.42. The Balaban J connectivity index is 1.32. The van der Waals surface area contributed by atoms with Gasteiger partial charge < -0.3 is 5.32 Å². The highest BCUT2D eigenvalue weighted by Gasteiger charge is 2.12. The van der Waals surface area contributed by atoms with E-state index in [0.717, 1.165) is 21.4 Å². The number of thiophene rings is 1. The second kappa shape index (κ2) is 6.99. The van der Waals surface area contributed by atoms with Crippen molar-refractivity contribution in [2.24, 2.45) is 0 Å². The fourth-order valence-corrected chi connectivity index (χ4v) is 3.78. The minimum absolute atomic E-state index is 0.193. The van der Waals surface area contributed by atoms with Crippen LogP contribution in [0.25, 0.3) is 15.7 Å². The third-order valence-electron chi connectivity index (χ3n) is 3.50. The predicted octanol–water partition coefficient (Wildman–Crippen LogP) is 2.75. The third kappa shape index (κ3) is 3.52. The van der Waals surface area contributed by atoms with Crippen molar-refractivity contribution < 1.29 is 4.79 Å². The van der Waals surface area contributed by atoms with Crippen LogP contribution in [0.4, 0.5) is 0 Å². The number of aromatic nitrogens is 5. The Hall–Kier alpha value is -2.78. The number of hydrogen-bond donors (Lipinski definition) is 2. The van der Waals surface area contributed by atoms with Crippen LogP contribution in [0.3, 0.4) is 0 Å². The number of thiazole rings is 1. The summed E-state index contributed by atoms with van der Waals surface area (Å²) in [5, 5.41) is 18.8. The molecule has 1 amide bonds. The lowest BCUT2D eigenvalue weighted by Crippen LogP contribution is -2.26. The van der Waals surface area contributed by atoms with Gasteiger partial charge in [-0.1, -0.05) is 6.07 Å². The number of carbonyl (C=O) groups excluding carboxylic acids is 1. The molecule has 0 aromatic carbocycles. The van der Waals surface area contributed by atoms with Crippen molar-refractivity contribution >= 4 is 28.6 Å². The maximum atomic E-state index is 12.2. The Bertz CT molecular complexity index is 955. The molecule has 4 aromatic rings. The van der Waals surface area contributed by atoms with Crippen LogP contribution in [-0.4, -0.2) is 37.4 Å². The number of nitrogens with one attached hydrogen (secondary N) is 2. The number of amides is 1. The van der Waals surface area contributed by atoms with Gasteiger partial charge in [-0.25, -0.2) is 9.67 Å². The fraction of sp³-hybridized carbons (Fsp3) is 0.125. The van der Waals surface area contributed by atoms with Crippen LogP contribution < -0.4 is 5.32 Å². The van der Waals surface area contributed by atoms with Gasteiger partial charge in [-0.15, -0.1) is 22.7 Å². The zero-order valence-electron chi connectivity index (χ0n) is 13.0. The normalized spacial score (nSPS) is 10.9. The molecule has 25 heavy (non-hydrogen) atoms. The molecule has 9 heteroatoms. The van der Waals surface area contributed by atoms with Crippen molar-refractivity contribution in [2.75, 3.05) is 6.54 Å². The first-order valence-electron chi connectivity index (χ1n) is 7.61. The first-order valence-corrected chi connectivity index (χ1v) is 9.37. The van der Waals surface area contributed by atoms with Gasteiger partial charge in [0.1, 0.15) is 0 Å². The molecule has 126 valence electrons. The van der Waals surface area contributed by atoms with Crippen LogP contribution in [0.1, 0.15) is 16.2 Å². The number of aromatic amines is 1. The first kappa shape index (κ1) is 15.7. The Morgan fingerprint density at radius 3 is 3.08 bits per heavy atom. The quantitative estimate of drug-likeness (QED) is 0.546. The second-order valence-electron chi connectivity index (χ2n) is 5.22. The van der Waals surface area contributed by atoms with E-state index in [1.165, 1.54) is 11.3 Å². The highest BCUT2D eigenvalue weighted by atomic mass is 32.1. The van der Waals surface area contributed by atoms with Gasteiger partial charge in [0.2, 0.25) is 5.13 Å². The highest BCUT2D eigenvalue weighted by molar-refractivity contribution is 7.13. The summed E-state index contributed by atoms with van der Waals surface area (Å²) in [7, 11) is 0. The van der Waals surface area contributed by atoms with Crippen molar-refractivity contribution in [2.45, 2.75) is 6.42 Å². The van der Waals surface area contributed by atoms with Gasteiger partial charge in [0, 0.05) is 30.7 Å². The van der Waals surface area contributed by atoms with E-state index in [1.54, 1.807) is 28.3 Å². The van der Waals surface area contributed by atoms with Gasteiger partial charge in [-0.05, 0) is 23.6 Å². The van der Waals surface area contributed by atoms with E-state index in [1.807, 2.05) is 35.2 Å². The summed E-state index contributed by atoms with van der Waals surface area (Å²) in [5.41, 5.74) is 2.17. The van der Waals surface area contributed by atoms with Crippen molar-refractivity contribution in [1.82, 2.24) is 30.3 Å². The summed E-state index contributed by atoms with van der Waals surface area (Å²) >= 11 is 3.12. The number of carbonyl (C=O) groups is 1. The van der Waals surface area contributed by atoms with Crippen molar-refractivity contribution in [3.8, 4) is 15.7 Å². The van der Waals surface area contributed by atoms with Gasteiger partial charge in [0.05, 0.1) is 16.3 Å². The van der Waals surface area contributed by atoms with Crippen LogP contribution in [-0.2, 0) is 6.42 Å². The summed E-state index contributed by atoms with van der Waals surface area (Å²) in [5.74, 6) is -0.193. The largest absolute Gasteiger partial charge is 0.350 e. The Morgan fingerprint density at radius 1 is 1.32 bits per heavy atom. The van der Waals surface area contributed by atoms with Crippen molar-refractivity contribution in [1.29, 1.82) is 0 Å². The minimum Gasteiger partial charge on any atom is -0.350 e. The van der Waals surface area contributed by atoms with E-state index in [2.05, 4.69) is 25.6 Å². The molecular weight excluding hydrogens is 356 g/mol. The SMILES string of the molecule is O=C(NCCc1csc(-n2cccn2)n1)c1cc(-c2cccs2)[nH]n1. The summed E-state index contributed by atoms with van der Waals surface area (Å²) in [6, 6.07) is 7.57. The molecule has 0 saturated carbocycles. The van der Waals surface area contributed by atoms with Gasteiger partial charge in [0.15, 0.2) is 5.69 Å². The second-order valence-corrected chi connectivity index (χ2v) is 7.01. The molecule has 0 aliphatic heterocycles. The minimum atomic E-state index is -0.193. The zero-order valence-corrected chi connectivity index (χ0v) is 14.7. The fourth-order valence-electron chi connectivity index (χ4n) is 2.29. The Kier molecular flexibility index (Phi) is 4.40. The predicted molar refractivity (Wildman–Crippen MR) is 97.2 cm³/mol. The number of H-pyrrole nitrogens is 1. The molecule has 0 fully saturated rings. The molecule has 0 aliphatic rings. The summed E-state index contributed by atoms with van der Waals surface area (Å²) < 4.78 is 1.72. The van der Waals surface area contributed by atoms with E-state index >= 15 is 0 Å². The smallest absolute Gasteiger partial charge is 0.271 e. The molecule has 4 rings (SSSR count). The molecule has 0 saturated heterocycles. The molecule has 4 aromatic heterocycles. The molecule has 0 atom stereocenters. The van der Waals surface area contributed by atoms with Gasteiger partial charge in [0.25, 0.3) is 5.91 Å². The average molecular weight is 370 g/mol. The van der Waals surface area contributed by atoms with Gasteiger partial charge >= 0.3 is 0 Å². The number of nitrogens with zero attached hydrogens (tertiary/aromatic N) is 4. The highest BCUT2D eigenvalue weighted by Crippen LogP contribution is 2.22. The molecule has 7 nitrogen and oxygen atoms in total. The van der Waals surface area contributed by atoms with E-state index in [9.17, 15) is 4.79 Å². The van der Waals surface area contributed by atoms with E-state index in [4.69, 9.17) is 0 Å². The van der Waals surface area contributed by atoms with Crippen LogP contribution in [0, 0.1) is 0 Å². The van der Waals surface area contributed by atoms with Crippen molar-refractivity contribution in [3.05, 3.63) is 58.8 Å². The van der Waals surface area contributed by atoms with Crippen LogP contribution in [0.15, 0.2) is 47.4 Å². The molecule has 2 N–H and O–H groups in total. The molecule has 0 aliphatic carbocycles. The zero-order chi connectivity index (χ0) is 17.1. The summed E-state index contributed by atoms with van der Waals surface area (Å²) in [6.45, 7) is 0.502. The van der Waals surface area contributed by atoms with Crippen LogP contribution in [0.2, 0.25) is 0 Å². The molecule has 0 bridgehead atoms. The standard InChI is InChI=1S/C16H14N6OS2/c23-15(13-9-12(20-21-13)14-3-1-8-24-14)17-6-4-11-10-25-16(19-11)22-7-2-5-18-22/h1-3,5,7-10H,4,6H2,(H,17,23)(H,20,21). The molecule has 0 unspecified atom stereocenters.